The lowest BCUT2D eigenvalue weighted by atomic mass is 9.83. The van der Waals surface area contributed by atoms with Crippen molar-refractivity contribution in [2.24, 2.45) is 11.7 Å². The molecule has 0 aliphatic carbocycles. The van der Waals surface area contributed by atoms with E-state index in [1.165, 1.54) is 43.5 Å². The third-order valence-corrected chi connectivity index (χ3v) is 4.58. The molecule has 2 heteroatoms. The van der Waals surface area contributed by atoms with Gasteiger partial charge in [-0.15, -0.1) is 0 Å². The summed E-state index contributed by atoms with van der Waals surface area (Å²) in [7, 11) is 0. The number of anilines is 1. The van der Waals surface area contributed by atoms with Crippen LogP contribution in [0.2, 0.25) is 0 Å². The van der Waals surface area contributed by atoms with Crippen molar-refractivity contribution in [1.29, 1.82) is 0 Å². The number of piperidine rings is 1. The van der Waals surface area contributed by atoms with E-state index < -0.39 is 0 Å². The van der Waals surface area contributed by atoms with Crippen molar-refractivity contribution >= 4 is 5.69 Å². The van der Waals surface area contributed by atoms with Gasteiger partial charge in [-0.1, -0.05) is 12.1 Å². The molecule has 0 bridgehead atoms. The topological polar surface area (TPSA) is 29.3 Å². The number of hydrogen-bond donors (Lipinski definition) is 1. The van der Waals surface area contributed by atoms with E-state index >= 15 is 0 Å². The highest BCUT2D eigenvalue weighted by molar-refractivity contribution is 5.59. The van der Waals surface area contributed by atoms with Crippen LogP contribution in [0.5, 0.6) is 0 Å². The third-order valence-electron chi connectivity index (χ3n) is 4.58. The van der Waals surface area contributed by atoms with E-state index in [4.69, 9.17) is 5.73 Å². The molecule has 2 unspecified atom stereocenters. The maximum atomic E-state index is 5.83. The Balaban J connectivity index is 1.90. The van der Waals surface area contributed by atoms with Gasteiger partial charge in [0.25, 0.3) is 0 Å². The minimum atomic E-state index is 0.742. The zero-order chi connectivity index (χ0) is 11.8. The molecule has 92 valence electrons. The molecule has 2 N–H and O–H groups in total. The Morgan fingerprint density at radius 1 is 1.35 bits per heavy atom. The number of fused-ring (bicyclic) bond motifs is 3. The lowest BCUT2D eigenvalue weighted by Gasteiger charge is -2.45. The highest BCUT2D eigenvalue weighted by atomic mass is 15.2. The van der Waals surface area contributed by atoms with Gasteiger partial charge in [-0.25, -0.2) is 0 Å². The van der Waals surface area contributed by atoms with Crippen LogP contribution in [0.25, 0.3) is 0 Å². The average Bonchev–Trinajstić information content (AvgIpc) is 2.38. The van der Waals surface area contributed by atoms with Crippen molar-refractivity contribution < 1.29 is 0 Å². The van der Waals surface area contributed by atoms with Gasteiger partial charge in [0.05, 0.1) is 0 Å². The number of aryl methyl sites for hydroxylation is 1. The maximum absolute atomic E-state index is 5.83. The fourth-order valence-electron chi connectivity index (χ4n) is 3.53. The predicted molar refractivity (Wildman–Crippen MR) is 72.4 cm³/mol. The molecule has 1 aromatic carbocycles. The summed E-state index contributed by atoms with van der Waals surface area (Å²) in [6.07, 6.45) is 5.12. The summed E-state index contributed by atoms with van der Waals surface area (Å²) in [5.74, 6) is 0.752. The van der Waals surface area contributed by atoms with Crippen LogP contribution in [0.3, 0.4) is 0 Å². The van der Waals surface area contributed by atoms with Crippen molar-refractivity contribution in [2.75, 3.05) is 18.0 Å². The lowest BCUT2D eigenvalue weighted by Crippen LogP contribution is -2.46. The number of hydrogen-bond acceptors (Lipinski definition) is 2. The van der Waals surface area contributed by atoms with Crippen LogP contribution in [0.1, 0.15) is 30.4 Å². The van der Waals surface area contributed by atoms with Crippen LogP contribution in [-0.4, -0.2) is 19.1 Å². The SMILES string of the molecule is Cc1cccc2c1CCC1CC(CN)CCN21. The van der Waals surface area contributed by atoms with Crippen LogP contribution in [0.15, 0.2) is 18.2 Å². The van der Waals surface area contributed by atoms with E-state index in [0.29, 0.717) is 0 Å². The van der Waals surface area contributed by atoms with Gasteiger partial charge in [-0.3, -0.25) is 0 Å². The highest BCUT2D eigenvalue weighted by Crippen LogP contribution is 2.37. The van der Waals surface area contributed by atoms with E-state index in [0.717, 1.165) is 18.5 Å². The van der Waals surface area contributed by atoms with Crippen LogP contribution in [0.4, 0.5) is 5.69 Å². The Bertz CT molecular complexity index is 413. The van der Waals surface area contributed by atoms with Gasteiger partial charge in [0.1, 0.15) is 0 Å². The van der Waals surface area contributed by atoms with Crippen molar-refractivity contribution in [1.82, 2.24) is 0 Å². The fourth-order valence-corrected chi connectivity index (χ4v) is 3.53. The average molecular weight is 230 g/mol. The van der Waals surface area contributed by atoms with E-state index in [1.54, 1.807) is 5.56 Å². The molecule has 2 nitrogen and oxygen atoms in total. The molecule has 2 aliphatic heterocycles. The Morgan fingerprint density at radius 2 is 2.24 bits per heavy atom. The molecule has 2 heterocycles. The van der Waals surface area contributed by atoms with Gasteiger partial charge >= 0.3 is 0 Å². The Hall–Kier alpha value is -1.02. The monoisotopic (exact) mass is 230 g/mol. The second kappa shape index (κ2) is 4.34. The van der Waals surface area contributed by atoms with Crippen molar-refractivity contribution in [3.63, 3.8) is 0 Å². The quantitative estimate of drug-likeness (QED) is 0.803. The summed E-state index contributed by atoms with van der Waals surface area (Å²) >= 11 is 0. The minimum Gasteiger partial charge on any atom is -0.368 e. The van der Waals surface area contributed by atoms with Gasteiger partial charge < -0.3 is 10.6 Å². The van der Waals surface area contributed by atoms with Crippen LogP contribution in [-0.2, 0) is 6.42 Å². The summed E-state index contributed by atoms with van der Waals surface area (Å²) in [6, 6.07) is 7.49. The fraction of sp³-hybridized carbons (Fsp3) is 0.600. The first-order valence-corrected chi connectivity index (χ1v) is 6.85. The number of benzene rings is 1. The van der Waals surface area contributed by atoms with E-state index in [9.17, 15) is 0 Å². The van der Waals surface area contributed by atoms with Gasteiger partial charge in [0.15, 0.2) is 0 Å². The van der Waals surface area contributed by atoms with Gasteiger partial charge in [-0.2, -0.15) is 0 Å². The summed E-state index contributed by atoms with van der Waals surface area (Å²) in [6.45, 7) is 4.31. The predicted octanol–water partition coefficient (Wildman–Crippen LogP) is 2.48. The third kappa shape index (κ3) is 1.85. The second-order valence-electron chi connectivity index (χ2n) is 5.58. The van der Waals surface area contributed by atoms with Crippen molar-refractivity contribution in [3.05, 3.63) is 29.3 Å². The first-order chi connectivity index (χ1) is 8.29. The van der Waals surface area contributed by atoms with Crippen LogP contribution in [0, 0.1) is 12.8 Å². The molecule has 1 saturated heterocycles. The molecule has 3 rings (SSSR count). The van der Waals surface area contributed by atoms with Gasteiger partial charge in [0.2, 0.25) is 0 Å². The standard InChI is InChI=1S/C15H22N2/c1-11-3-2-4-15-14(11)6-5-13-9-12(10-16)7-8-17(13)15/h2-4,12-13H,5-10,16H2,1H3. The Kier molecular flexibility index (Phi) is 2.83. The number of nitrogens with two attached hydrogens (primary N) is 1. The number of nitrogens with zero attached hydrogens (tertiary/aromatic N) is 1. The van der Waals surface area contributed by atoms with Crippen molar-refractivity contribution in [2.45, 2.75) is 38.6 Å². The highest BCUT2D eigenvalue weighted by Gasteiger charge is 2.32. The molecular weight excluding hydrogens is 208 g/mol. The molecule has 1 fully saturated rings. The first kappa shape index (κ1) is 11.1. The molecular formula is C15H22N2. The van der Waals surface area contributed by atoms with Gasteiger partial charge in [-0.05, 0) is 62.3 Å². The second-order valence-corrected chi connectivity index (χ2v) is 5.58. The summed E-state index contributed by atoms with van der Waals surface area (Å²) in [5, 5.41) is 0. The van der Waals surface area contributed by atoms with Crippen LogP contribution < -0.4 is 10.6 Å². The van der Waals surface area contributed by atoms with E-state index in [1.807, 2.05) is 0 Å². The summed E-state index contributed by atoms with van der Waals surface area (Å²) in [4.78, 5) is 2.64. The van der Waals surface area contributed by atoms with Gasteiger partial charge in [0, 0.05) is 18.3 Å². The Morgan fingerprint density at radius 3 is 3.06 bits per heavy atom. The smallest absolute Gasteiger partial charge is 0.0403 e. The largest absolute Gasteiger partial charge is 0.368 e. The molecule has 1 aromatic rings. The molecule has 0 amide bonds. The van der Waals surface area contributed by atoms with E-state index in [-0.39, 0.29) is 0 Å². The maximum Gasteiger partial charge on any atom is 0.0403 e. The van der Waals surface area contributed by atoms with Crippen LogP contribution >= 0.6 is 0 Å². The normalized spacial score (nSPS) is 27.5. The summed E-state index contributed by atoms with van der Waals surface area (Å²) in [5.41, 5.74) is 10.4. The van der Waals surface area contributed by atoms with E-state index in [2.05, 4.69) is 30.0 Å². The first-order valence-electron chi connectivity index (χ1n) is 6.85. The zero-order valence-electron chi connectivity index (χ0n) is 10.7. The molecule has 0 saturated carbocycles. The Labute approximate surface area is 104 Å². The molecule has 0 radical (unpaired) electrons. The zero-order valence-corrected chi connectivity index (χ0v) is 10.7. The lowest BCUT2D eigenvalue weighted by molar-refractivity contribution is 0.328. The number of rotatable bonds is 1. The molecule has 17 heavy (non-hydrogen) atoms. The summed E-state index contributed by atoms with van der Waals surface area (Å²) < 4.78 is 0. The van der Waals surface area contributed by atoms with Crippen molar-refractivity contribution in [3.8, 4) is 0 Å². The minimum absolute atomic E-state index is 0.742. The molecule has 2 atom stereocenters. The molecule has 0 spiro atoms. The molecule has 2 aliphatic rings. The molecule has 0 aromatic heterocycles.